The molecule has 0 aliphatic heterocycles. The number of ether oxygens (including phenoxy) is 5. The normalized spacial score (nSPS) is 15.4. The quantitative estimate of drug-likeness (QED) is 0.128. The molecule has 11 heteroatoms. The number of nitrogens with two attached hydrogens (primary N) is 1. The van der Waals surface area contributed by atoms with Crippen LogP contribution in [0, 0.1) is 23.7 Å². The molecule has 1 aromatic rings. The molecule has 0 saturated carbocycles. The van der Waals surface area contributed by atoms with Gasteiger partial charge in [0.1, 0.15) is 6.04 Å². The van der Waals surface area contributed by atoms with Crippen LogP contribution in [0.2, 0.25) is 0 Å². The Morgan fingerprint density at radius 3 is 1.83 bits per heavy atom. The first-order valence-corrected chi connectivity index (χ1v) is 14.3. The third kappa shape index (κ3) is 12.4. The lowest BCUT2D eigenvalue weighted by Crippen LogP contribution is -2.40. The minimum atomic E-state index is -1.38. The summed E-state index contributed by atoms with van der Waals surface area (Å²) in [5, 5.41) is 9.73. The Morgan fingerprint density at radius 2 is 1.34 bits per heavy atom. The number of esters is 1. The van der Waals surface area contributed by atoms with Gasteiger partial charge in [0, 0.05) is 5.92 Å². The molecule has 11 nitrogen and oxygen atoms in total. The van der Waals surface area contributed by atoms with Crippen LogP contribution in [-0.2, 0) is 23.8 Å². The lowest BCUT2D eigenvalue weighted by Gasteiger charge is -2.28. The summed E-state index contributed by atoms with van der Waals surface area (Å²) >= 11 is 0. The summed E-state index contributed by atoms with van der Waals surface area (Å²) in [4.78, 5) is 49.1. The fourth-order valence-electron chi connectivity index (χ4n) is 3.84. The average molecular weight is 582 g/mol. The Kier molecular flexibility index (Phi) is 15.8. The highest BCUT2D eigenvalue weighted by Crippen LogP contribution is 2.36. The molecule has 5 unspecified atom stereocenters. The molecular weight excluding hydrogens is 534 g/mol. The molecule has 3 N–H and O–H groups in total. The van der Waals surface area contributed by atoms with Gasteiger partial charge in [-0.1, -0.05) is 73.8 Å². The molecule has 0 heterocycles. The average Bonchev–Trinajstić information content (AvgIpc) is 2.94. The van der Waals surface area contributed by atoms with E-state index in [1.807, 2.05) is 34.6 Å². The Balaban J connectivity index is 3.32. The highest BCUT2D eigenvalue weighted by atomic mass is 16.7. The van der Waals surface area contributed by atoms with Gasteiger partial charge < -0.3 is 34.5 Å². The van der Waals surface area contributed by atoms with E-state index in [9.17, 15) is 24.3 Å². The monoisotopic (exact) mass is 581 g/mol. The van der Waals surface area contributed by atoms with E-state index < -0.39 is 36.2 Å². The van der Waals surface area contributed by atoms with Crippen LogP contribution in [0.15, 0.2) is 18.2 Å². The highest BCUT2D eigenvalue weighted by Gasteiger charge is 2.33. The topological polar surface area (TPSA) is 161 Å². The predicted octanol–water partition coefficient (Wildman–Crippen LogP) is 5.92. The molecule has 1 rings (SSSR count). The molecule has 1 aromatic carbocycles. The van der Waals surface area contributed by atoms with Gasteiger partial charge in [0.15, 0.2) is 11.5 Å². The summed E-state index contributed by atoms with van der Waals surface area (Å²) in [5.41, 5.74) is 6.45. The number of carboxylic acids is 1. The first kappa shape index (κ1) is 35.7. The van der Waals surface area contributed by atoms with E-state index in [0.29, 0.717) is 12.0 Å². The van der Waals surface area contributed by atoms with Crippen molar-refractivity contribution in [2.24, 2.45) is 29.4 Å². The minimum absolute atomic E-state index is 0.0775. The summed E-state index contributed by atoms with van der Waals surface area (Å²) in [6.45, 7) is 13.4. The minimum Gasteiger partial charge on any atom is -0.480 e. The maximum absolute atomic E-state index is 12.5. The summed E-state index contributed by atoms with van der Waals surface area (Å²) in [7, 11) is 0. The van der Waals surface area contributed by atoms with Crippen molar-refractivity contribution in [1.82, 2.24) is 0 Å². The van der Waals surface area contributed by atoms with Gasteiger partial charge in [-0.05, 0) is 41.9 Å². The number of carbonyl (C=O) groups excluding carboxylic acids is 3. The number of rotatable bonds is 17. The molecule has 0 aliphatic rings. The second-order valence-electron chi connectivity index (χ2n) is 10.7. The molecule has 41 heavy (non-hydrogen) atoms. The second-order valence-corrected chi connectivity index (χ2v) is 10.7. The Morgan fingerprint density at radius 1 is 0.805 bits per heavy atom. The van der Waals surface area contributed by atoms with Crippen LogP contribution in [0.25, 0.3) is 0 Å². The van der Waals surface area contributed by atoms with Crippen molar-refractivity contribution in [3.63, 3.8) is 0 Å². The summed E-state index contributed by atoms with van der Waals surface area (Å²) in [6.07, 6.45) is 1.06. The predicted molar refractivity (Wildman–Crippen MR) is 152 cm³/mol. The van der Waals surface area contributed by atoms with Gasteiger partial charge in [-0.15, -0.1) is 0 Å². The van der Waals surface area contributed by atoms with Crippen molar-refractivity contribution in [2.45, 2.75) is 86.1 Å². The van der Waals surface area contributed by atoms with E-state index in [4.69, 9.17) is 29.4 Å². The van der Waals surface area contributed by atoms with Crippen molar-refractivity contribution >= 4 is 24.2 Å². The van der Waals surface area contributed by atoms with Crippen LogP contribution >= 0.6 is 0 Å². The van der Waals surface area contributed by atoms with Gasteiger partial charge in [0.2, 0.25) is 0 Å². The molecule has 232 valence electrons. The van der Waals surface area contributed by atoms with Crippen LogP contribution in [-0.4, -0.2) is 55.2 Å². The van der Waals surface area contributed by atoms with E-state index in [-0.39, 0.29) is 55.0 Å². The molecule has 6 atom stereocenters. The zero-order chi connectivity index (χ0) is 31.1. The van der Waals surface area contributed by atoms with Crippen LogP contribution in [0.5, 0.6) is 11.5 Å². The summed E-state index contributed by atoms with van der Waals surface area (Å²) < 4.78 is 26.5. The fraction of sp³-hybridized carbons (Fsp3) is 0.667. The first-order chi connectivity index (χ1) is 19.3. The number of carbonyl (C=O) groups is 4. The van der Waals surface area contributed by atoms with E-state index in [1.54, 1.807) is 13.8 Å². The maximum Gasteiger partial charge on any atom is 0.513 e. The Labute approximate surface area is 243 Å². The smallest absolute Gasteiger partial charge is 0.480 e. The summed E-state index contributed by atoms with van der Waals surface area (Å²) in [5.74, 6) is -3.42. The maximum atomic E-state index is 12.5. The third-order valence-electron chi connectivity index (χ3n) is 7.00. The molecule has 0 fully saturated rings. The Hall–Kier alpha value is -3.34. The molecule has 0 aromatic heterocycles. The highest BCUT2D eigenvalue weighted by molar-refractivity contribution is 5.75. The van der Waals surface area contributed by atoms with Gasteiger partial charge in [0.05, 0.1) is 25.7 Å². The van der Waals surface area contributed by atoms with E-state index in [1.165, 1.54) is 18.2 Å². The van der Waals surface area contributed by atoms with Gasteiger partial charge in [-0.2, -0.15) is 0 Å². The van der Waals surface area contributed by atoms with Crippen LogP contribution in [0.3, 0.4) is 0 Å². The van der Waals surface area contributed by atoms with Gasteiger partial charge in [-0.3, -0.25) is 9.59 Å². The zero-order valence-corrected chi connectivity index (χ0v) is 25.3. The standard InChI is InChI=1S/C30H47NO10/c1-8-11-20(6)28(34)37-17-21(7)25(26(31)27(32)33)22-12-13-23(40-29(35)38-15-18(4)9-2)24(14-22)41-30(36)39-16-19(5)10-3/h12-14,18-21,25-26H,8-11,15-17,31H2,1-7H3,(H,32,33)/t18?,19?,20?,21?,25?,26-/m0/s1. The van der Waals surface area contributed by atoms with Crippen LogP contribution in [0.4, 0.5) is 9.59 Å². The fourth-order valence-corrected chi connectivity index (χ4v) is 3.84. The van der Waals surface area contributed by atoms with Crippen molar-refractivity contribution in [3.05, 3.63) is 23.8 Å². The largest absolute Gasteiger partial charge is 0.513 e. The van der Waals surface area contributed by atoms with Crippen LogP contribution < -0.4 is 15.2 Å². The number of carboxylic acid groups (broad SMARTS) is 1. The van der Waals surface area contributed by atoms with Crippen molar-refractivity contribution < 1.29 is 48.0 Å². The van der Waals surface area contributed by atoms with Gasteiger partial charge >= 0.3 is 24.2 Å². The van der Waals surface area contributed by atoms with E-state index in [0.717, 1.165) is 19.3 Å². The number of benzene rings is 1. The van der Waals surface area contributed by atoms with Crippen molar-refractivity contribution in [1.29, 1.82) is 0 Å². The van der Waals surface area contributed by atoms with E-state index in [2.05, 4.69) is 0 Å². The molecule has 0 radical (unpaired) electrons. The van der Waals surface area contributed by atoms with E-state index >= 15 is 0 Å². The van der Waals surface area contributed by atoms with Gasteiger partial charge in [0.25, 0.3) is 0 Å². The Bertz CT molecular complexity index is 997. The lowest BCUT2D eigenvalue weighted by molar-refractivity contribution is -0.149. The molecular formula is C30H47NO10. The lowest BCUT2D eigenvalue weighted by atomic mass is 9.82. The number of hydrogen-bond acceptors (Lipinski definition) is 10. The number of hydrogen-bond donors (Lipinski definition) is 2. The molecule has 0 saturated heterocycles. The van der Waals surface area contributed by atoms with Crippen LogP contribution in [0.1, 0.15) is 85.6 Å². The van der Waals surface area contributed by atoms with Gasteiger partial charge in [-0.25, -0.2) is 9.59 Å². The summed E-state index contributed by atoms with van der Waals surface area (Å²) in [6, 6.07) is 2.86. The third-order valence-corrected chi connectivity index (χ3v) is 7.00. The second kappa shape index (κ2) is 18.2. The first-order valence-electron chi connectivity index (χ1n) is 14.3. The molecule has 0 spiro atoms. The molecule has 0 bridgehead atoms. The SMILES string of the molecule is CCCC(C)C(=O)OCC(C)C(c1ccc(OC(=O)OCC(C)CC)c(OC(=O)OCC(C)CC)c1)[C@H](N)C(=O)O. The zero-order valence-electron chi connectivity index (χ0n) is 25.3. The molecule has 0 aliphatic carbocycles. The van der Waals surface area contributed by atoms with Crippen molar-refractivity contribution in [3.8, 4) is 11.5 Å². The molecule has 0 amide bonds. The number of aliphatic carboxylic acids is 1. The van der Waals surface area contributed by atoms with Crippen molar-refractivity contribution in [2.75, 3.05) is 19.8 Å².